The van der Waals surface area contributed by atoms with E-state index in [0.717, 1.165) is 74.2 Å². The van der Waals surface area contributed by atoms with Crippen molar-refractivity contribution in [3.05, 3.63) is 71.8 Å². The number of morpholine rings is 1. The van der Waals surface area contributed by atoms with Crippen molar-refractivity contribution in [2.75, 3.05) is 51.8 Å². The number of rotatable bonds is 8. The van der Waals surface area contributed by atoms with Gasteiger partial charge in [-0.1, -0.05) is 56.3 Å². The maximum absolute atomic E-state index is 5.43. The van der Waals surface area contributed by atoms with E-state index >= 15 is 0 Å². The van der Waals surface area contributed by atoms with Gasteiger partial charge in [0.05, 0.1) is 26.0 Å². The van der Waals surface area contributed by atoms with Crippen LogP contribution in [0.25, 0.3) is 11.3 Å². The van der Waals surface area contributed by atoms with Crippen LogP contribution in [-0.4, -0.2) is 61.6 Å². The van der Waals surface area contributed by atoms with Gasteiger partial charge >= 0.3 is 0 Å². The van der Waals surface area contributed by atoms with E-state index in [1.165, 1.54) is 5.56 Å². The van der Waals surface area contributed by atoms with E-state index in [1.807, 2.05) is 44.2 Å². The highest BCUT2D eigenvalue weighted by Crippen LogP contribution is 2.24. The van der Waals surface area contributed by atoms with Gasteiger partial charge < -0.3 is 14.8 Å². The molecule has 0 unspecified atom stereocenters. The van der Waals surface area contributed by atoms with Crippen molar-refractivity contribution in [1.82, 2.24) is 15.1 Å². The number of benzene rings is 2. The van der Waals surface area contributed by atoms with Crippen LogP contribution in [0.2, 0.25) is 0 Å². The Balaban J connectivity index is 0.00000141. The SMILES string of the molecule is CC.COc1ccc(Cc2cc(-c3ccccc3)nnc2NCCN2CCOCC2)cc1. The largest absolute Gasteiger partial charge is 0.497 e. The fourth-order valence-corrected chi connectivity index (χ4v) is 3.58. The van der Waals surface area contributed by atoms with E-state index in [9.17, 15) is 0 Å². The van der Waals surface area contributed by atoms with Crippen LogP contribution in [0.15, 0.2) is 60.7 Å². The lowest BCUT2D eigenvalue weighted by atomic mass is 10.0. The van der Waals surface area contributed by atoms with Crippen LogP contribution in [0.1, 0.15) is 25.0 Å². The molecule has 32 heavy (non-hydrogen) atoms. The summed E-state index contributed by atoms with van der Waals surface area (Å²) in [5.41, 5.74) is 4.30. The van der Waals surface area contributed by atoms with E-state index < -0.39 is 0 Å². The standard InChI is InChI=1S/C24H28N4O2.C2H6/c1-29-22-9-7-19(8-10-22)17-21-18-23(20-5-3-2-4-6-20)26-27-24(21)25-11-12-28-13-15-30-16-14-28;1-2/h2-10,18H,11-17H2,1H3,(H,25,27);1-2H3. The van der Waals surface area contributed by atoms with Crippen LogP contribution in [0.4, 0.5) is 5.82 Å². The number of nitrogens with zero attached hydrogens (tertiary/aromatic N) is 3. The zero-order chi connectivity index (χ0) is 22.6. The Kier molecular flexibility index (Phi) is 9.47. The molecule has 6 heteroatoms. The highest BCUT2D eigenvalue weighted by atomic mass is 16.5. The zero-order valence-corrected chi connectivity index (χ0v) is 19.4. The van der Waals surface area contributed by atoms with Crippen LogP contribution >= 0.6 is 0 Å². The Bertz CT molecular complexity index is 926. The van der Waals surface area contributed by atoms with Gasteiger partial charge in [-0.05, 0) is 23.8 Å². The smallest absolute Gasteiger partial charge is 0.152 e. The summed E-state index contributed by atoms with van der Waals surface area (Å²) in [5, 5.41) is 12.5. The first-order valence-electron chi connectivity index (χ1n) is 11.4. The van der Waals surface area contributed by atoms with Gasteiger partial charge in [0.2, 0.25) is 0 Å². The Morgan fingerprint density at radius 2 is 1.69 bits per heavy atom. The molecule has 170 valence electrons. The number of ether oxygens (including phenoxy) is 2. The van der Waals surface area contributed by atoms with Crippen LogP contribution in [-0.2, 0) is 11.2 Å². The second-order valence-electron chi connectivity index (χ2n) is 7.38. The third kappa shape index (κ3) is 6.77. The van der Waals surface area contributed by atoms with Gasteiger partial charge in [0.1, 0.15) is 5.75 Å². The van der Waals surface area contributed by atoms with Crippen molar-refractivity contribution in [2.24, 2.45) is 0 Å². The summed E-state index contributed by atoms with van der Waals surface area (Å²) in [6, 6.07) is 20.5. The molecule has 0 saturated carbocycles. The van der Waals surface area contributed by atoms with E-state index in [-0.39, 0.29) is 0 Å². The highest BCUT2D eigenvalue weighted by Gasteiger charge is 2.12. The first-order valence-corrected chi connectivity index (χ1v) is 11.4. The van der Waals surface area contributed by atoms with Crippen molar-refractivity contribution in [1.29, 1.82) is 0 Å². The molecule has 0 spiro atoms. The molecule has 6 nitrogen and oxygen atoms in total. The molecule has 4 rings (SSSR count). The lowest BCUT2D eigenvalue weighted by Gasteiger charge is -2.26. The Morgan fingerprint density at radius 3 is 2.38 bits per heavy atom. The molecule has 0 atom stereocenters. The lowest BCUT2D eigenvalue weighted by Crippen LogP contribution is -2.39. The van der Waals surface area contributed by atoms with Crippen molar-refractivity contribution < 1.29 is 9.47 Å². The minimum atomic E-state index is 0.777. The molecule has 1 saturated heterocycles. The van der Waals surface area contributed by atoms with Crippen LogP contribution in [0, 0.1) is 0 Å². The normalized spacial score (nSPS) is 13.7. The summed E-state index contributed by atoms with van der Waals surface area (Å²) in [5.74, 6) is 1.71. The fourth-order valence-electron chi connectivity index (χ4n) is 3.58. The number of hydrogen-bond acceptors (Lipinski definition) is 6. The lowest BCUT2D eigenvalue weighted by molar-refractivity contribution is 0.0398. The Morgan fingerprint density at radius 1 is 0.969 bits per heavy atom. The zero-order valence-electron chi connectivity index (χ0n) is 19.4. The molecule has 1 aliphatic heterocycles. The molecule has 1 aliphatic rings. The maximum atomic E-state index is 5.43. The quantitative estimate of drug-likeness (QED) is 0.563. The van der Waals surface area contributed by atoms with Gasteiger partial charge in [0, 0.05) is 43.7 Å². The fraction of sp³-hybridized carbons (Fsp3) is 0.385. The van der Waals surface area contributed by atoms with E-state index in [0.29, 0.717) is 0 Å². The maximum Gasteiger partial charge on any atom is 0.152 e. The molecule has 2 heterocycles. The molecule has 1 N–H and O–H groups in total. The average molecular weight is 435 g/mol. The summed E-state index contributed by atoms with van der Waals surface area (Å²) in [6.07, 6.45) is 0.777. The summed E-state index contributed by atoms with van der Waals surface area (Å²) in [4.78, 5) is 2.41. The average Bonchev–Trinajstić information content (AvgIpc) is 2.88. The predicted molar refractivity (Wildman–Crippen MR) is 130 cm³/mol. The van der Waals surface area contributed by atoms with Crippen molar-refractivity contribution >= 4 is 5.82 Å². The number of anilines is 1. The van der Waals surface area contributed by atoms with Crippen molar-refractivity contribution in [2.45, 2.75) is 20.3 Å². The third-order valence-electron chi connectivity index (χ3n) is 5.32. The van der Waals surface area contributed by atoms with Crippen LogP contribution < -0.4 is 10.1 Å². The molecule has 1 fully saturated rings. The molecule has 3 aromatic rings. The molecule has 0 aliphatic carbocycles. The molecule has 2 aromatic carbocycles. The monoisotopic (exact) mass is 434 g/mol. The number of nitrogens with one attached hydrogen (secondary N) is 1. The molecular formula is C26H34N4O2. The first-order chi connectivity index (χ1) is 15.8. The van der Waals surface area contributed by atoms with Gasteiger partial charge in [-0.15, -0.1) is 10.2 Å². The number of methoxy groups -OCH3 is 1. The van der Waals surface area contributed by atoms with E-state index in [2.05, 4.69) is 50.7 Å². The molecule has 0 radical (unpaired) electrons. The predicted octanol–water partition coefficient (Wildman–Crippen LogP) is 4.51. The molecule has 0 amide bonds. The van der Waals surface area contributed by atoms with Gasteiger partial charge in [-0.25, -0.2) is 0 Å². The Labute approximate surface area is 191 Å². The topological polar surface area (TPSA) is 59.5 Å². The van der Waals surface area contributed by atoms with Crippen molar-refractivity contribution in [3.63, 3.8) is 0 Å². The minimum absolute atomic E-state index is 0.777. The highest BCUT2D eigenvalue weighted by molar-refractivity contribution is 5.62. The van der Waals surface area contributed by atoms with Gasteiger partial charge in [0.25, 0.3) is 0 Å². The van der Waals surface area contributed by atoms with Crippen LogP contribution in [0.3, 0.4) is 0 Å². The summed E-state index contributed by atoms with van der Waals surface area (Å²) in [7, 11) is 1.68. The summed E-state index contributed by atoms with van der Waals surface area (Å²) < 4.78 is 10.7. The Hall–Kier alpha value is -2.96. The summed E-state index contributed by atoms with van der Waals surface area (Å²) in [6.45, 7) is 9.39. The van der Waals surface area contributed by atoms with E-state index in [1.54, 1.807) is 7.11 Å². The number of hydrogen-bond donors (Lipinski definition) is 1. The first kappa shape index (κ1) is 23.7. The van der Waals surface area contributed by atoms with Gasteiger partial charge in [-0.2, -0.15) is 0 Å². The second-order valence-corrected chi connectivity index (χ2v) is 7.38. The summed E-state index contributed by atoms with van der Waals surface area (Å²) >= 11 is 0. The second kappa shape index (κ2) is 12.8. The number of aromatic nitrogens is 2. The minimum Gasteiger partial charge on any atom is -0.497 e. The molecule has 0 bridgehead atoms. The third-order valence-corrected chi connectivity index (χ3v) is 5.32. The molecular weight excluding hydrogens is 400 g/mol. The van der Waals surface area contributed by atoms with Crippen molar-refractivity contribution in [3.8, 4) is 17.0 Å². The van der Waals surface area contributed by atoms with Crippen LogP contribution in [0.5, 0.6) is 5.75 Å². The van der Waals surface area contributed by atoms with E-state index in [4.69, 9.17) is 9.47 Å². The molecule has 1 aromatic heterocycles. The van der Waals surface area contributed by atoms with Gasteiger partial charge in [0.15, 0.2) is 5.82 Å². The van der Waals surface area contributed by atoms with Gasteiger partial charge in [-0.3, -0.25) is 4.90 Å².